The number of nitrogens with one attached hydrogen (secondary N) is 1. The summed E-state index contributed by atoms with van der Waals surface area (Å²) in [5.74, 6) is -3.49. The zero-order chi connectivity index (χ0) is 26.3. The number of carbonyl (C=O) groups excluding carboxylic acids is 3. The van der Waals surface area contributed by atoms with Crippen molar-refractivity contribution in [2.24, 2.45) is 0 Å². The van der Waals surface area contributed by atoms with Crippen LogP contribution in [0.5, 0.6) is 0 Å². The number of hydrogen-bond acceptors (Lipinski definition) is 5. The molecule has 0 radical (unpaired) electrons. The molecule has 0 saturated heterocycles. The van der Waals surface area contributed by atoms with Crippen LogP contribution in [-0.4, -0.2) is 82.2 Å². The minimum Gasteiger partial charge on any atom is -0.338 e. The monoisotopic (exact) mass is 532 g/mol. The fraction of sp³-hybridized carbons (Fsp3) is 0.429. The molecule has 10 nitrogen and oxygen atoms in total. The number of amides is 4. The highest BCUT2D eigenvalue weighted by atomic mass is 35.5. The number of halogens is 5. The third-order valence-corrected chi connectivity index (χ3v) is 6.19. The highest BCUT2D eigenvalue weighted by Gasteiger charge is 2.38. The Balaban J connectivity index is 1.56. The van der Waals surface area contributed by atoms with Gasteiger partial charge in [-0.2, -0.15) is 5.10 Å². The molecule has 2 aliphatic heterocycles. The van der Waals surface area contributed by atoms with E-state index in [-0.39, 0.29) is 37.4 Å². The maximum absolute atomic E-state index is 14.2. The molecule has 1 aromatic carbocycles. The number of hydroxylamine groups is 2. The minimum absolute atomic E-state index is 0.0729. The van der Waals surface area contributed by atoms with Crippen molar-refractivity contribution >= 4 is 35.1 Å². The van der Waals surface area contributed by atoms with Crippen molar-refractivity contribution in [3.63, 3.8) is 0 Å². The summed E-state index contributed by atoms with van der Waals surface area (Å²) in [4.78, 5) is 46.0. The van der Waals surface area contributed by atoms with Gasteiger partial charge in [0.05, 0.1) is 31.0 Å². The number of fused-ring (bicyclic) bond motifs is 3. The second-order valence-electron chi connectivity index (χ2n) is 8.29. The summed E-state index contributed by atoms with van der Waals surface area (Å²) < 4.78 is 54.4. The van der Waals surface area contributed by atoms with Gasteiger partial charge in [-0.25, -0.2) is 27.4 Å². The molecule has 0 aliphatic carbocycles. The summed E-state index contributed by atoms with van der Waals surface area (Å²) in [5.41, 5.74) is 0.682. The molecule has 1 N–H and O–H groups in total. The Kier molecular flexibility index (Phi) is 7.09. The van der Waals surface area contributed by atoms with Crippen molar-refractivity contribution in [3.8, 4) is 0 Å². The Morgan fingerprint density at radius 2 is 2.06 bits per heavy atom. The van der Waals surface area contributed by atoms with Crippen molar-refractivity contribution in [2.45, 2.75) is 32.0 Å². The van der Waals surface area contributed by atoms with Gasteiger partial charge in [0.2, 0.25) is 0 Å². The number of nitrogens with zero attached hydrogens (tertiary/aromatic N) is 5. The lowest BCUT2D eigenvalue weighted by atomic mass is 10.1. The zero-order valence-corrected chi connectivity index (χ0v) is 19.9. The molecule has 4 rings (SSSR count). The Bertz CT molecular complexity index is 1230. The Morgan fingerprint density at radius 1 is 1.33 bits per heavy atom. The molecule has 194 valence electrons. The highest BCUT2D eigenvalue weighted by molar-refractivity contribution is 6.31. The smallest absolute Gasteiger partial charge is 0.322 e. The molecule has 0 bridgehead atoms. The van der Waals surface area contributed by atoms with Crippen LogP contribution in [0.3, 0.4) is 0 Å². The molecule has 36 heavy (non-hydrogen) atoms. The number of urea groups is 1. The van der Waals surface area contributed by atoms with E-state index in [2.05, 4.69) is 10.4 Å². The van der Waals surface area contributed by atoms with E-state index in [0.29, 0.717) is 11.3 Å². The van der Waals surface area contributed by atoms with Gasteiger partial charge < -0.3 is 15.1 Å². The van der Waals surface area contributed by atoms with Crippen LogP contribution >= 0.6 is 11.6 Å². The number of alkyl halides is 2. The number of carbonyl (C=O) groups is 3. The molecule has 2 aliphatic rings. The van der Waals surface area contributed by atoms with Crippen molar-refractivity contribution in [3.05, 3.63) is 45.7 Å². The molecule has 2 aromatic rings. The number of benzene rings is 1. The third-order valence-electron chi connectivity index (χ3n) is 5.84. The van der Waals surface area contributed by atoms with Gasteiger partial charge in [-0.3, -0.25) is 19.1 Å². The van der Waals surface area contributed by atoms with Crippen molar-refractivity contribution in [1.82, 2.24) is 24.6 Å². The first-order chi connectivity index (χ1) is 17.0. The molecule has 0 fully saturated rings. The average Bonchev–Trinajstić information content (AvgIpc) is 3.13. The van der Waals surface area contributed by atoms with Gasteiger partial charge in [-0.15, -0.1) is 0 Å². The lowest BCUT2D eigenvalue weighted by Crippen LogP contribution is -2.44. The van der Waals surface area contributed by atoms with Crippen LogP contribution in [0.25, 0.3) is 0 Å². The topological polar surface area (TPSA) is 100 Å². The molecular formula is C21H21ClF4N6O4. The van der Waals surface area contributed by atoms with Crippen LogP contribution in [0.1, 0.15) is 21.7 Å². The molecule has 3 heterocycles. The van der Waals surface area contributed by atoms with Crippen molar-refractivity contribution < 1.29 is 36.8 Å². The SMILES string of the molecule is CN(CC(F)F)C(=O)[C@@H]1Cn2nc3c(c2C(=O)N(C)O1)CN(C(=O)Nc1ccc(F)c(Cl)c1F)CC3. The molecule has 1 aromatic heterocycles. The van der Waals surface area contributed by atoms with Crippen molar-refractivity contribution in [1.29, 1.82) is 0 Å². The molecular weight excluding hydrogens is 512 g/mol. The van der Waals surface area contributed by atoms with E-state index >= 15 is 0 Å². The third kappa shape index (κ3) is 4.82. The number of hydrogen-bond donors (Lipinski definition) is 1. The summed E-state index contributed by atoms with van der Waals surface area (Å²) in [6.45, 7) is -0.915. The Hall–Kier alpha value is -3.39. The molecule has 0 saturated carbocycles. The lowest BCUT2D eigenvalue weighted by Gasteiger charge is -2.27. The van der Waals surface area contributed by atoms with Crippen LogP contribution in [0.15, 0.2) is 12.1 Å². The number of likely N-dealkylation sites (N-methyl/N-ethyl adjacent to an activating group) is 1. The van der Waals surface area contributed by atoms with Crippen LogP contribution in [0.2, 0.25) is 5.02 Å². The number of rotatable bonds is 4. The fourth-order valence-corrected chi connectivity index (χ4v) is 4.20. The molecule has 4 amide bonds. The predicted octanol–water partition coefficient (Wildman–Crippen LogP) is 2.51. The summed E-state index contributed by atoms with van der Waals surface area (Å²) in [6, 6.07) is 1.24. The van der Waals surface area contributed by atoms with E-state index in [9.17, 15) is 31.9 Å². The van der Waals surface area contributed by atoms with Gasteiger partial charge >= 0.3 is 6.03 Å². The second kappa shape index (κ2) is 9.93. The van der Waals surface area contributed by atoms with E-state index in [1.807, 2.05) is 0 Å². The first kappa shape index (κ1) is 25.7. The fourth-order valence-electron chi connectivity index (χ4n) is 4.03. The van der Waals surface area contributed by atoms with Crippen LogP contribution in [-0.2, 0) is 29.1 Å². The predicted molar refractivity (Wildman–Crippen MR) is 117 cm³/mol. The second-order valence-corrected chi connectivity index (χ2v) is 8.67. The van der Waals surface area contributed by atoms with Gasteiger partial charge in [-0.1, -0.05) is 11.6 Å². The lowest BCUT2D eigenvalue weighted by molar-refractivity contribution is -0.177. The standard InChI is InChI=1S/C21H21ClF4N6O4/c1-29(9-15(24)25)19(33)14-8-32-18(20(34)30(2)36-14)10-7-31(6-5-12(10)28-32)21(35)27-13-4-3-11(23)16(22)17(13)26/h3-4,14-15H,5-9H2,1-2H3,(H,27,35)/t14-/m0/s1. The van der Waals surface area contributed by atoms with E-state index in [1.54, 1.807) is 0 Å². The molecule has 1 atom stereocenters. The molecule has 15 heteroatoms. The van der Waals surface area contributed by atoms with E-state index in [0.717, 1.165) is 22.1 Å². The molecule has 0 unspecified atom stereocenters. The van der Waals surface area contributed by atoms with Gasteiger partial charge in [-0.05, 0) is 12.1 Å². The van der Waals surface area contributed by atoms with E-state index < -0.39 is 53.6 Å². The largest absolute Gasteiger partial charge is 0.338 e. The Morgan fingerprint density at radius 3 is 2.75 bits per heavy atom. The minimum atomic E-state index is -2.74. The van der Waals surface area contributed by atoms with Gasteiger partial charge in [0.25, 0.3) is 18.2 Å². The van der Waals surface area contributed by atoms with E-state index in [1.165, 1.54) is 23.7 Å². The van der Waals surface area contributed by atoms with Crippen LogP contribution in [0.4, 0.5) is 28.0 Å². The van der Waals surface area contributed by atoms with Crippen molar-refractivity contribution in [2.75, 3.05) is 32.5 Å². The highest BCUT2D eigenvalue weighted by Crippen LogP contribution is 2.29. The maximum atomic E-state index is 14.2. The van der Waals surface area contributed by atoms with Gasteiger partial charge in [0.15, 0.2) is 11.9 Å². The normalized spacial score (nSPS) is 17.6. The average molecular weight is 533 g/mol. The number of aromatic nitrogens is 2. The van der Waals surface area contributed by atoms with Gasteiger partial charge in [0.1, 0.15) is 16.5 Å². The summed E-state index contributed by atoms with van der Waals surface area (Å²) in [5, 5.41) is 6.80. The zero-order valence-electron chi connectivity index (χ0n) is 19.1. The van der Waals surface area contributed by atoms with E-state index in [4.69, 9.17) is 16.4 Å². The quantitative estimate of drug-likeness (QED) is 0.482. The maximum Gasteiger partial charge on any atom is 0.322 e. The summed E-state index contributed by atoms with van der Waals surface area (Å²) in [6.07, 6.45) is -3.78. The number of anilines is 1. The van der Waals surface area contributed by atoms with Crippen LogP contribution < -0.4 is 5.32 Å². The first-order valence-corrected chi connectivity index (χ1v) is 11.1. The van der Waals surface area contributed by atoms with Crippen LogP contribution in [0, 0.1) is 11.6 Å². The first-order valence-electron chi connectivity index (χ1n) is 10.7. The summed E-state index contributed by atoms with van der Waals surface area (Å²) >= 11 is 5.56. The Labute approximate surface area is 207 Å². The summed E-state index contributed by atoms with van der Waals surface area (Å²) in [7, 11) is 2.48. The molecule has 0 spiro atoms. The van der Waals surface area contributed by atoms with Gasteiger partial charge in [0, 0.05) is 32.6 Å².